The highest BCUT2D eigenvalue weighted by molar-refractivity contribution is 5.79. The van der Waals surface area contributed by atoms with Crippen LogP contribution in [0.2, 0.25) is 0 Å². The van der Waals surface area contributed by atoms with Crippen molar-refractivity contribution < 1.29 is 18.9 Å². The van der Waals surface area contributed by atoms with E-state index in [1.165, 1.54) is 0 Å². The Labute approximate surface area is 150 Å². The molecule has 0 heterocycles. The van der Waals surface area contributed by atoms with Crippen molar-refractivity contribution in [1.82, 2.24) is 10.6 Å². The maximum absolute atomic E-state index is 5.76. The van der Waals surface area contributed by atoms with Gasteiger partial charge in [0.2, 0.25) is 0 Å². The van der Waals surface area contributed by atoms with Crippen LogP contribution in [0.5, 0.6) is 17.2 Å². The van der Waals surface area contributed by atoms with Gasteiger partial charge in [0, 0.05) is 45.4 Å². The monoisotopic (exact) mass is 353 g/mol. The SMILES string of the molecule is CN=C(NCCCOc1cc(OC)cc(OC)c1)NCC(C)(C)OC. The summed E-state index contributed by atoms with van der Waals surface area (Å²) in [6, 6.07) is 5.48. The van der Waals surface area contributed by atoms with Crippen LogP contribution in [0.15, 0.2) is 23.2 Å². The van der Waals surface area contributed by atoms with Gasteiger partial charge < -0.3 is 29.6 Å². The Morgan fingerprint density at radius 2 is 1.60 bits per heavy atom. The third kappa shape index (κ3) is 7.98. The van der Waals surface area contributed by atoms with Gasteiger partial charge in [0.15, 0.2) is 5.96 Å². The molecule has 0 aliphatic heterocycles. The van der Waals surface area contributed by atoms with Crippen molar-refractivity contribution in [2.45, 2.75) is 25.9 Å². The van der Waals surface area contributed by atoms with E-state index in [0.717, 1.165) is 24.7 Å². The normalized spacial score (nSPS) is 11.8. The van der Waals surface area contributed by atoms with Crippen molar-refractivity contribution >= 4 is 5.96 Å². The molecular formula is C18H31N3O4. The second-order valence-electron chi connectivity index (χ2n) is 6.07. The minimum Gasteiger partial charge on any atom is -0.496 e. The van der Waals surface area contributed by atoms with E-state index in [-0.39, 0.29) is 5.60 Å². The summed E-state index contributed by atoms with van der Waals surface area (Å²) in [4.78, 5) is 4.19. The predicted octanol–water partition coefficient (Wildman–Crippen LogP) is 2.06. The molecule has 25 heavy (non-hydrogen) atoms. The zero-order valence-electron chi connectivity index (χ0n) is 16.1. The first-order valence-corrected chi connectivity index (χ1v) is 8.29. The minimum absolute atomic E-state index is 0.244. The molecule has 1 rings (SSSR count). The van der Waals surface area contributed by atoms with E-state index in [1.54, 1.807) is 28.4 Å². The van der Waals surface area contributed by atoms with Crippen molar-refractivity contribution in [3.8, 4) is 17.2 Å². The van der Waals surface area contributed by atoms with Crippen LogP contribution in [0.25, 0.3) is 0 Å². The lowest BCUT2D eigenvalue weighted by molar-refractivity contribution is 0.0268. The maximum Gasteiger partial charge on any atom is 0.191 e. The molecule has 0 fully saturated rings. The lowest BCUT2D eigenvalue weighted by Crippen LogP contribution is -2.45. The quantitative estimate of drug-likeness (QED) is 0.381. The maximum atomic E-state index is 5.76. The summed E-state index contributed by atoms with van der Waals surface area (Å²) in [7, 11) is 6.68. The van der Waals surface area contributed by atoms with E-state index in [4.69, 9.17) is 18.9 Å². The number of ether oxygens (including phenoxy) is 4. The second kappa shape index (κ2) is 10.7. The standard InChI is InChI=1S/C18H31N3O4/c1-18(2,24-6)13-21-17(19-3)20-8-7-9-25-16-11-14(22-4)10-15(12-16)23-5/h10-12H,7-9,13H2,1-6H3,(H2,19,20,21). The summed E-state index contributed by atoms with van der Waals surface area (Å²) in [6.45, 7) is 6.02. The summed E-state index contributed by atoms with van der Waals surface area (Å²) in [5, 5.41) is 6.49. The highest BCUT2D eigenvalue weighted by atomic mass is 16.5. The Kier molecular flexibility index (Phi) is 8.91. The van der Waals surface area contributed by atoms with Crippen LogP contribution in [0.3, 0.4) is 0 Å². The number of nitrogens with one attached hydrogen (secondary N) is 2. The molecule has 7 heteroatoms. The van der Waals surface area contributed by atoms with Crippen LogP contribution in [-0.2, 0) is 4.74 Å². The van der Waals surface area contributed by atoms with Crippen LogP contribution >= 0.6 is 0 Å². The van der Waals surface area contributed by atoms with E-state index < -0.39 is 0 Å². The van der Waals surface area contributed by atoms with Gasteiger partial charge in [-0.15, -0.1) is 0 Å². The number of rotatable bonds is 10. The summed E-state index contributed by atoms with van der Waals surface area (Å²) in [6.07, 6.45) is 0.827. The van der Waals surface area contributed by atoms with Crippen LogP contribution < -0.4 is 24.8 Å². The third-order valence-electron chi connectivity index (χ3n) is 3.66. The van der Waals surface area contributed by atoms with Crippen molar-refractivity contribution in [3.05, 3.63) is 18.2 Å². The van der Waals surface area contributed by atoms with Gasteiger partial charge in [0.05, 0.1) is 26.4 Å². The number of hydrogen-bond acceptors (Lipinski definition) is 5. The predicted molar refractivity (Wildman–Crippen MR) is 100 cm³/mol. The number of nitrogens with zero attached hydrogens (tertiary/aromatic N) is 1. The molecule has 0 saturated carbocycles. The molecule has 1 aromatic rings. The van der Waals surface area contributed by atoms with Gasteiger partial charge in [-0.25, -0.2) is 0 Å². The highest BCUT2D eigenvalue weighted by Crippen LogP contribution is 2.27. The molecule has 0 atom stereocenters. The van der Waals surface area contributed by atoms with E-state index >= 15 is 0 Å². The largest absolute Gasteiger partial charge is 0.496 e. The fourth-order valence-corrected chi connectivity index (χ4v) is 1.92. The van der Waals surface area contributed by atoms with Gasteiger partial charge in [-0.1, -0.05) is 0 Å². The number of guanidine groups is 1. The Morgan fingerprint density at radius 1 is 1.00 bits per heavy atom. The van der Waals surface area contributed by atoms with E-state index in [0.29, 0.717) is 24.7 Å². The summed E-state index contributed by atoms with van der Waals surface area (Å²) in [5.41, 5.74) is -0.244. The Balaban J connectivity index is 2.33. The molecule has 0 spiro atoms. The second-order valence-corrected chi connectivity index (χ2v) is 6.07. The Morgan fingerprint density at radius 3 is 2.12 bits per heavy atom. The first-order chi connectivity index (χ1) is 11.9. The van der Waals surface area contributed by atoms with Crippen molar-refractivity contribution in [3.63, 3.8) is 0 Å². The van der Waals surface area contributed by atoms with Crippen molar-refractivity contribution in [2.24, 2.45) is 4.99 Å². The minimum atomic E-state index is -0.244. The molecule has 0 amide bonds. The molecule has 7 nitrogen and oxygen atoms in total. The molecular weight excluding hydrogens is 322 g/mol. The summed E-state index contributed by atoms with van der Waals surface area (Å²) in [5.74, 6) is 2.88. The molecule has 0 saturated heterocycles. The first kappa shape index (κ1) is 20.9. The summed E-state index contributed by atoms with van der Waals surface area (Å²) < 4.78 is 21.6. The van der Waals surface area contributed by atoms with Gasteiger partial charge in [0.1, 0.15) is 17.2 Å². The van der Waals surface area contributed by atoms with Crippen LogP contribution in [0, 0.1) is 0 Å². The molecule has 0 aromatic heterocycles. The summed E-state index contributed by atoms with van der Waals surface area (Å²) >= 11 is 0. The zero-order valence-corrected chi connectivity index (χ0v) is 16.1. The van der Waals surface area contributed by atoms with Gasteiger partial charge in [-0.3, -0.25) is 4.99 Å². The van der Waals surface area contributed by atoms with Gasteiger partial charge in [-0.2, -0.15) is 0 Å². The highest BCUT2D eigenvalue weighted by Gasteiger charge is 2.16. The Bertz CT molecular complexity index is 525. The van der Waals surface area contributed by atoms with Gasteiger partial charge >= 0.3 is 0 Å². The molecule has 0 radical (unpaired) electrons. The number of hydrogen-bond donors (Lipinski definition) is 2. The molecule has 142 valence electrons. The zero-order chi connectivity index (χ0) is 18.7. The van der Waals surface area contributed by atoms with Crippen LogP contribution in [0.4, 0.5) is 0 Å². The first-order valence-electron chi connectivity index (χ1n) is 8.29. The lowest BCUT2D eigenvalue weighted by Gasteiger charge is -2.24. The smallest absolute Gasteiger partial charge is 0.191 e. The molecule has 0 unspecified atom stereocenters. The number of aliphatic imine (C=N–C) groups is 1. The Hall–Kier alpha value is -2.15. The fraction of sp³-hybridized carbons (Fsp3) is 0.611. The topological polar surface area (TPSA) is 73.3 Å². The fourth-order valence-electron chi connectivity index (χ4n) is 1.92. The molecule has 2 N–H and O–H groups in total. The lowest BCUT2D eigenvalue weighted by atomic mass is 10.1. The molecule has 0 aliphatic carbocycles. The van der Waals surface area contributed by atoms with E-state index in [9.17, 15) is 0 Å². The third-order valence-corrected chi connectivity index (χ3v) is 3.66. The van der Waals surface area contributed by atoms with Crippen molar-refractivity contribution in [2.75, 3.05) is 48.1 Å². The molecule has 0 bridgehead atoms. The number of benzene rings is 1. The van der Waals surface area contributed by atoms with Crippen LogP contribution in [-0.4, -0.2) is 59.6 Å². The van der Waals surface area contributed by atoms with E-state index in [2.05, 4.69) is 15.6 Å². The van der Waals surface area contributed by atoms with Crippen LogP contribution in [0.1, 0.15) is 20.3 Å². The average Bonchev–Trinajstić information content (AvgIpc) is 2.63. The van der Waals surface area contributed by atoms with Gasteiger partial charge in [0.25, 0.3) is 0 Å². The number of methoxy groups -OCH3 is 3. The molecule has 1 aromatic carbocycles. The van der Waals surface area contributed by atoms with E-state index in [1.807, 2.05) is 32.0 Å². The van der Waals surface area contributed by atoms with Gasteiger partial charge in [-0.05, 0) is 20.3 Å². The molecule has 0 aliphatic rings. The van der Waals surface area contributed by atoms with Crippen molar-refractivity contribution in [1.29, 1.82) is 0 Å². The average molecular weight is 353 g/mol.